The van der Waals surface area contributed by atoms with E-state index in [4.69, 9.17) is 0 Å². The number of hydrogen-bond acceptors (Lipinski definition) is 1. The normalized spacial score (nSPS) is 10.8. The van der Waals surface area contributed by atoms with Crippen LogP contribution < -0.4 is 9.88 Å². The molecule has 0 aliphatic heterocycles. The van der Waals surface area contributed by atoms with Gasteiger partial charge in [0, 0.05) is 22.3 Å². The monoisotopic (exact) mass is 375 g/mol. The molecule has 122 valence electrons. The first-order valence-electron chi connectivity index (χ1n) is 8.08. The van der Waals surface area contributed by atoms with Crippen molar-refractivity contribution in [1.82, 2.24) is 0 Å². The van der Waals surface area contributed by atoms with Crippen LogP contribution in [0.1, 0.15) is 43.7 Å². The van der Waals surface area contributed by atoms with Crippen molar-refractivity contribution in [2.75, 3.05) is 5.32 Å². The van der Waals surface area contributed by atoms with Gasteiger partial charge in [0.2, 0.25) is 6.54 Å². The molecule has 0 unspecified atom stereocenters. The minimum absolute atomic E-state index is 0.0213. The molecule has 4 heteroatoms. The number of rotatable bonds is 6. The van der Waals surface area contributed by atoms with Crippen molar-refractivity contribution in [2.45, 2.75) is 46.1 Å². The van der Waals surface area contributed by atoms with E-state index in [2.05, 4.69) is 47.2 Å². The fourth-order valence-corrected chi connectivity index (χ4v) is 2.94. The summed E-state index contributed by atoms with van der Waals surface area (Å²) in [5.74, 6) is 0.580. The molecule has 0 saturated heterocycles. The molecule has 0 aliphatic rings. The highest BCUT2D eigenvalue weighted by atomic mass is 79.9. The first-order chi connectivity index (χ1) is 11.0. The molecule has 1 aromatic carbocycles. The van der Waals surface area contributed by atoms with E-state index in [9.17, 15) is 4.79 Å². The summed E-state index contributed by atoms with van der Waals surface area (Å²) in [6.45, 7) is 6.75. The maximum atomic E-state index is 12.2. The highest BCUT2D eigenvalue weighted by Gasteiger charge is 2.12. The standard InChI is InChI=1S/C19H23BrN2O/c1-4-15(5-2)16-8-10-22(11-9-16)13-19(23)21-17-6-7-18(20)14(3)12-17/h6-12,15H,4-5,13H2,1-3H3/p+1. The summed E-state index contributed by atoms with van der Waals surface area (Å²) in [7, 11) is 0. The molecule has 0 bridgehead atoms. The Hall–Kier alpha value is -1.68. The Morgan fingerprint density at radius 1 is 1.17 bits per heavy atom. The first kappa shape index (κ1) is 17.7. The third-order valence-electron chi connectivity index (χ3n) is 4.14. The number of aromatic nitrogens is 1. The Labute approximate surface area is 146 Å². The van der Waals surface area contributed by atoms with Crippen LogP contribution in [0.5, 0.6) is 0 Å². The number of nitrogens with one attached hydrogen (secondary N) is 1. The maximum absolute atomic E-state index is 12.2. The summed E-state index contributed by atoms with van der Waals surface area (Å²) in [6, 6.07) is 10.0. The first-order valence-corrected chi connectivity index (χ1v) is 8.87. The molecule has 23 heavy (non-hydrogen) atoms. The Bertz CT molecular complexity index is 664. The Morgan fingerprint density at radius 3 is 2.39 bits per heavy atom. The van der Waals surface area contributed by atoms with Crippen LogP contribution in [-0.2, 0) is 11.3 Å². The lowest BCUT2D eigenvalue weighted by Gasteiger charge is -2.11. The molecular weight excluding hydrogens is 352 g/mol. The van der Waals surface area contributed by atoms with Gasteiger partial charge in [-0.1, -0.05) is 29.8 Å². The van der Waals surface area contributed by atoms with Crippen molar-refractivity contribution >= 4 is 27.5 Å². The minimum atomic E-state index is -0.0213. The predicted octanol–water partition coefficient (Wildman–Crippen LogP) is 4.59. The highest BCUT2D eigenvalue weighted by molar-refractivity contribution is 9.10. The van der Waals surface area contributed by atoms with Gasteiger partial charge in [0.1, 0.15) is 0 Å². The molecule has 0 atom stereocenters. The summed E-state index contributed by atoms with van der Waals surface area (Å²) in [4.78, 5) is 12.2. The van der Waals surface area contributed by atoms with Crippen LogP contribution in [0.4, 0.5) is 5.69 Å². The van der Waals surface area contributed by atoms with E-state index in [0.717, 1.165) is 28.6 Å². The van der Waals surface area contributed by atoms with Gasteiger partial charge in [-0.15, -0.1) is 0 Å². The van der Waals surface area contributed by atoms with Crippen LogP contribution in [-0.4, -0.2) is 5.91 Å². The predicted molar refractivity (Wildman–Crippen MR) is 97.5 cm³/mol. The van der Waals surface area contributed by atoms with Crippen molar-refractivity contribution < 1.29 is 9.36 Å². The molecule has 0 saturated carbocycles. The quantitative estimate of drug-likeness (QED) is 0.735. The number of hydrogen-bond donors (Lipinski definition) is 1. The van der Waals surface area contributed by atoms with Gasteiger partial charge in [-0.05, 0) is 55.0 Å². The van der Waals surface area contributed by atoms with Gasteiger partial charge < -0.3 is 5.32 Å². The summed E-state index contributed by atoms with van der Waals surface area (Å²) in [5.41, 5.74) is 3.27. The molecule has 0 aliphatic carbocycles. The fraction of sp³-hybridized carbons (Fsp3) is 0.368. The van der Waals surface area contributed by atoms with E-state index in [-0.39, 0.29) is 5.91 Å². The van der Waals surface area contributed by atoms with Gasteiger partial charge in [-0.3, -0.25) is 4.79 Å². The zero-order valence-electron chi connectivity index (χ0n) is 14.0. The van der Waals surface area contributed by atoms with Gasteiger partial charge in [0.15, 0.2) is 12.4 Å². The summed E-state index contributed by atoms with van der Waals surface area (Å²) < 4.78 is 2.95. The topological polar surface area (TPSA) is 33.0 Å². The van der Waals surface area contributed by atoms with Crippen molar-refractivity contribution in [2.24, 2.45) is 0 Å². The second-order valence-electron chi connectivity index (χ2n) is 5.83. The zero-order valence-corrected chi connectivity index (χ0v) is 15.6. The van der Waals surface area contributed by atoms with Crippen LogP contribution in [0.3, 0.4) is 0 Å². The molecule has 1 N–H and O–H groups in total. The lowest BCUT2D eigenvalue weighted by atomic mass is 9.95. The average molecular weight is 376 g/mol. The van der Waals surface area contributed by atoms with Crippen molar-refractivity contribution in [3.05, 3.63) is 58.3 Å². The van der Waals surface area contributed by atoms with Crippen molar-refractivity contribution in [3.63, 3.8) is 0 Å². The maximum Gasteiger partial charge on any atom is 0.290 e. The van der Waals surface area contributed by atoms with Gasteiger partial charge in [0.05, 0.1) is 0 Å². The third-order valence-corrected chi connectivity index (χ3v) is 5.03. The number of anilines is 1. The van der Waals surface area contributed by atoms with Crippen molar-refractivity contribution in [3.8, 4) is 0 Å². The van der Waals surface area contributed by atoms with Crippen LogP contribution in [0.15, 0.2) is 47.2 Å². The van der Waals surface area contributed by atoms with Crippen LogP contribution in [0.25, 0.3) is 0 Å². The van der Waals surface area contributed by atoms with Gasteiger partial charge in [-0.2, -0.15) is 4.57 Å². The number of carbonyl (C=O) groups is 1. The van der Waals surface area contributed by atoms with Gasteiger partial charge >= 0.3 is 0 Å². The molecule has 2 aromatic rings. The summed E-state index contributed by atoms with van der Waals surface area (Å²) >= 11 is 3.46. The Balaban J connectivity index is 1.98. The van der Waals surface area contributed by atoms with E-state index in [1.807, 2.05) is 42.1 Å². The molecule has 1 amide bonds. The largest absolute Gasteiger partial charge is 0.321 e. The second kappa shape index (κ2) is 8.25. The van der Waals surface area contributed by atoms with E-state index >= 15 is 0 Å². The average Bonchev–Trinajstić information content (AvgIpc) is 2.53. The summed E-state index contributed by atoms with van der Waals surface area (Å²) in [6.07, 6.45) is 6.26. The number of carbonyl (C=O) groups excluding carboxylic acids is 1. The molecule has 2 rings (SSSR count). The lowest BCUT2D eigenvalue weighted by molar-refractivity contribution is -0.684. The van der Waals surface area contributed by atoms with E-state index < -0.39 is 0 Å². The number of pyridine rings is 1. The SMILES string of the molecule is CCC(CC)c1cc[n+](CC(=O)Nc2ccc(Br)c(C)c2)cc1. The third kappa shape index (κ3) is 4.90. The number of nitrogens with zero attached hydrogens (tertiary/aromatic N) is 1. The number of amides is 1. The van der Waals surface area contributed by atoms with Crippen LogP contribution in [0.2, 0.25) is 0 Å². The number of benzene rings is 1. The van der Waals surface area contributed by atoms with E-state index in [0.29, 0.717) is 12.5 Å². The smallest absolute Gasteiger partial charge is 0.290 e. The van der Waals surface area contributed by atoms with Gasteiger partial charge in [-0.25, -0.2) is 0 Å². The highest BCUT2D eigenvalue weighted by Crippen LogP contribution is 2.21. The summed E-state index contributed by atoms with van der Waals surface area (Å²) in [5, 5.41) is 2.94. The molecule has 0 spiro atoms. The van der Waals surface area contributed by atoms with Crippen LogP contribution in [0, 0.1) is 6.92 Å². The Morgan fingerprint density at radius 2 is 1.83 bits per heavy atom. The van der Waals surface area contributed by atoms with Crippen molar-refractivity contribution in [1.29, 1.82) is 0 Å². The molecule has 0 radical (unpaired) electrons. The van der Waals surface area contributed by atoms with Crippen LogP contribution >= 0.6 is 15.9 Å². The Kier molecular flexibility index (Phi) is 6.34. The number of halogens is 1. The molecular formula is C19H24BrN2O+. The van der Waals surface area contributed by atoms with E-state index in [1.54, 1.807) is 0 Å². The van der Waals surface area contributed by atoms with E-state index in [1.165, 1.54) is 5.56 Å². The zero-order chi connectivity index (χ0) is 16.8. The fourth-order valence-electron chi connectivity index (χ4n) is 2.70. The minimum Gasteiger partial charge on any atom is -0.321 e. The molecule has 0 fully saturated rings. The molecule has 1 aromatic heterocycles. The van der Waals surface area contributed by atoms with Gasteiger partial charge in [0.25, 0.3) is 5.91 Å². The molecule has 1 heterocycles. The second-order valence-corrected chi connectivity index (χ2v) is 6.68. The lowest BCUT2D eigenvalue weighted by Crippen LogP contribution is -2.39. The molecule has 3 nitrogen and oxygen atoms in total. The number of aryl methyl sites for hydroxylation is 1.